The minimum atomic E-state index is -5.16. The fraction of sp³-hybridized carbons (Fsp3) is 0.375. The lowest BCUT2D eigenvalue weighted by Gasteiger charge is -2.12. The predicted molar refractivity (Wildman–Crippen MR) is 44.1 cm³/mol. The van der Waals surface area contributed by atoms with Crippen molar-refractivity contribution in [3.63, 3.8) is 0 Å². The molecule has 0 bridgehead atoms. The molecule has 1 heterocycles. The highest BCUT2D eigenvalue weighted by molar-refractivity contribution is 5.47. The van der Waals surface area contributed by atoms with Crippen molar-refractivity contribution in [3.8, 4) is 17.4 Å². The number of aromatic nitrogens is 1. The first-order valence-corrected chi connectivity index (χ1v) is 4.06. The SMILES string of the molecule is COc1cc(C(F)F)nc(OC(F)(F)F)c1O. The van der Waals surface area contributed by atoms with Crippen LogP contribution >= 0.6 is 0 Å². The van der Waals surface area contributed by atoms with Gasteiger partial charge in [0.15, 0.2) is 5.75 Å². The molecule has 1 N–H and O–H groups in total. The van der Waals surface area contributed by atoms with Crippen molar-refractivity contribution in [1.82, 2.24) is 4.98 Å². The summed E-state index contributed by atoms with van der Waals surface area (Å²) in [7, 11) is 0.988. The lowest BCUT2D eigenvalue weighted by atomic mass is 10.3. The first-order chi connectivity index (χ1) is 7.74. The zero-order valence-electron chi connectivity index (χ0n) is 8.26. The van der Waals surface area contributed by atoms with Crippen molar-refractivity contribution >= 4 is 0 Å². The summed E-state index contributed by atoms with van der Waals surface area (Å²) in [5, 5.41) is 9.20. The van der Waals surface area contributed by atoms with Crippen molar-refractivity contribution in [3.05, 3.63) is 11.8 Å². The summed E-state index contributed by atoms with van der Waals surface area (Å²) in [5.41, 5.74) is -1.00. The molecule has 0 aliphatic rings. The molecule has 0 spiro atoms. The fourth-order valence-electron chi connectivity index (χ4n) is 0.959. The summed E-state index contributed by atoms with van der Waals surface area (Å²) < 4.78 is 68.0. The van der Waals surface area contributed by atoms with E-state index in [-0.39, 0.29) is 0 Å². The molecule has 1 aromatic heterocycles. The topological polar surface area (TPSA) is 51.6 Å². The maximum Gasteiger partial charge on any atom is 0.574 e. The van der Waals surface area contributed by atoms with Crippen LogP contribution in [0.3, 0.4) is 0 Å². The van der Waals surface area contributed by atoms with E-state index in [1.165, 1.54) is 0 Å². The smallest absolute Gasteiger partial charge is 0.501 e. The Morgan fingerprint density at radius 1 is 1.35 bits per heavy atom. The van der Waals surface area contributed by atoms with Gasteiger partial charge in [0, 0.05) is 6.07 Å². The Bertz CT molecular complexity index is 407. The van der Waals surface area contributed by atoms with Crippen molar-refractivity contribution in [2.45, 2.75) is 12.8 Å². The molecule has 0 aromatic carbocycles. The third-order valence-electron chi connectivity index (χ3n) is 1.60. The standard InChI is InChI=1S/C8H6F5NO3/c1-16-4-2-3(6(9)10)14-7(5(4)15)17-8(11,12)13/h2,6,15H,1H3. The molecule has 9 heteroatoms. The zero-order valence-corrected chi connectivity index (χ0v) is 8.26. The number of pyridine rings is 1. The highest BCUT2D eigenvalue weighted by Gasteiger charge is 2.34. The van der Waals surface area contributed by atoms with Gasteiger partial charge in [0.1, 0.15) is 5.69 Å². The summed E-state index contributed by atoms with van der Waals surface area (Å²) in [6.45, 7) is 0. The van der Waals surface area contributed by atoms with Crippen LogP contribution in [0.15, 0.2) is 6.07 Å². The summed E-state index contributed by atoms with van der Waals surface area (Å²) in [6, 6.07) is 0.614. The number of methoxy groups -OCH3 is 1. The van der Waals surface area contributed by atoms with Crippen LogP contribution in [0.2, 0.25) is 0 Å². The first-order valence-electron chi connectivity index (χ1n) is 4.06. The third kappa shape index (κ3) is 3.33. The molecule has 1 rings (SSSR count). The molecule has 96 valence electrons. The number of hydrogen-bond donors (Lipinski definition) is 1. The minimum absolute atomic E-state index is 0.588. The third-order valence-corrected chi connectivity index (χ3v) is 1.60. The highest BCUT2D eigenvalue weighted by atomic mass is 19.4. The number of hydrogen-bond acceptors (Lipinski definition) is 4. The quantitative estimate of drug-likeness (QED) is 0.848. The lowest BCUT2D eigenvalue weighted by Crippen LogP contribution is -2.18. The van der Waals surface area contributed by atoms with E-state index in [9.17, 15) is 27.1 Å². The Hall–Kier alpha value is -1.80. The summed E-state index contributed by atoms with van der Waals surface area (Å²) in [4.78, 5) is 2.84. The van der Waals surface area contributed by atoms with Crippen molar-refractivity contribution in [2.24, 2.45) is 0 Å². The second kappa shape index (κ2) is 4.60. The van der Waals surface area contributed by atoms with E-state index >= 15 is 0 Å². The van der Waals surface area contributed by atoms with E-state index in [4.69, 9.17) is 0 Å². The molecule has 1 aromatic rings. The van der Waals surface area contributed by atoms with Crippen LogP contribution in [0.5, 0.6) is 17.4 Å². The van der Waals surface area contributed by atoms with Gasteiger partial charge in [-0.05, 0) is 0 Å². The number of alkyl halides is 5. The zero-order chi connectivity index (χ0) is 13.2. The molecule has 0 atom stereocenters. The molecule has 0 saturated carbocycles. The Morgan fingerprint density at radius 2 is 1.94 bits per heavy atom. The van der Waals surface area contributed by atoms with Gasteiger partial charge in [-0.3, -0.25) is 0 Å². The van der Waals surface area contributed by atoms with E-state index in [2.05, 4.69) is 14.5 Å². The highest BCUT2D eigenvalue weighted by Crippen LogP contribution is 2.39. The van der Waals surface area contributed by atoms with Crippen molar-refractivity contribution in [1.29, 1.82) is 0 Å². The van der Waals surface area contributed by atoms with E-state index in [1.54, 1.807) is 0 Å². The van der Waals surface area contributed by atoms with Gasteiger partial charge in [-0.15, -0.1) is 13.2 Å². The van der Waals surface area contributed by atoms with E-state index < -0.39 is 35.9 Å². The van der Waals surface area contributed by atoms with Crippen LogP contribution in [0.1, 0.15) is 12.1 Å². The van der Waals surface area contributed by atoms with Gasteiger partial charge in [0.05, 0.1) is 7.11 Å². The number of aromatic hydroxyl groups is 1. The van der Waals surface area contributed by atoms with Gasteiger partial charge in [-0.1, -0.05) is 0 Å². The molecular weight excluding hydrogens is 253 g/mol. The first kappa shape index (κ1) is 13.3. The van der Waals surface area contributed by atoms with Gasteiger partial charge < -0.3 is 14.6 Å². The number of ether oxygens (including phenoxy) is 2. The number of rotatable bonds is 3. The number of nitrogens with zero attached hydrogens (tertiary/aromatic N) is 1. The molecule has 0 aliphatic heterocycles. The monoisotopic (exact) mass is 259 g/mol. The molecule has 4 nitrogen and oxygen atoms in total. The Labute approximate surface area is 91.6 Å². The minimum Gasteiger partial charge on any atom is -0.501 e. The van der Waals surface area contributed by atoms with Gasteiger partial charge in [0.2, 0.25) is 5.75 Å². The van der Waals surface area contributed by atoms with Crippen molar-refractivity contribution < 1.29 is 36.5 Å². The summed E-state index contributed by atoms with van der Waals surface area (Å²) >= 11 is 0. The largest absolute Gasteiger partial charge is 0.574 e. The molecular formula is C8H6F5NO3. The van der Waals surface area contributed by atoms with Crippen LogP contribution in [0.4, 0.5) is 22.0 Å². The average Bonchev–Trinajstić information content (AvgIpc) is 2.18. The van der Waals surface area contributed by atoms with Crippen LogP contribution < -0.4 is 9.47 Å². The van der Waals surface area contributed by atoms with Gasteiger partial charge >= 0.3 is 6.36 Å². The average molecular weight is 259 g/mol. The normalized spacial score (nSPS) is 11.7. The van der Waals surface area contributed by atoms with Crippen LogP contribution in [0, 0.1) is 0 Å². The molecule has 17 heavy (non-hydrogen) atoms. The second-order valence-corrected chi connectivity index (χ2v) is 2.75. The molecule has 0 aliphatic carbocycles. The summed E-state index contributed by atoms with van der Waals surface area (Å²) in [6.07, 6.45) is -8.28. The molecule has 0 fully saturated rings. The van der Waals surface area contributed by atoms with Crippen LogP contribution in [0.25, 0.3) is 0 Å². The number of halogens is 5. The molecule has 0 saturated heterocycles. The molecule has 0 unspecified atom stereocenters. The Balaban J connectivity index is 3.23. The van der Waals surface area contributed by atoms with E-state index in [0.717, 1.165) is 7.11 Å². The Morgan fingerprint density at radius 3 is 2.35 bits per heavy atom. The van der Waals surface area contributed by atoms with Crippen LogP contribution in [-0.4, -0.2) is 23.6 Å². The fourth-order valence-corrected chi connectivity index (χ4v) is 0.959. The van der Waals surface area contributed by atoms with Gasteiger partial charge in [-0.2, -0.15) is 0 Å². The van der Waals surface area contributed by atoms with Gasteiger partial charge in [0.25, 0.3) is 12.3 Å². The lowest BCUT2D eigenvalue weighted by molar-refractivity contribution is -0.276. The molecule has 0 amide bonds. The van der Waals surface area contributed by atoms with E-state index in [0.29, 0.717) is 6.07 Å². The predicted octanol–water partition coefficient (Wildman–Crippen LogP) is 2.63. The maximum absolute atomic E-state index is 12.3. The molecule has 0 radical (unpaired) electrons. The van der Waals surface area contributed by atoms with Gasteiger partial charge in [-0.25, -0.2) is 13.8 Å². The summed E-state index contributed by atoms with van der Waals surface area (Å²) in [5.74, 6) is -3.07. The maximum atomic E-state index is 12.3. The van der Waals surface area contributed by atoms with Crippen LogP contribution in [-0.2, 0) is 0 Å². The second-order valence-electron chi connectivity index (χ2n) is 2.75. The van der Waals surface area contributed by atoms with E-state index in [1.807, 2.05) is 0 Å². The Kier molecular flexibility index (Phi) is 3.59. The van der Waals surface area contributed by atoms with Crippen molar-refractivity contribution in [2.75, 3.05) is 7.11 Å².